The van der Waals surface area contributed by atoms with Gasteiger partial charge in [0.2, 0.25) is 0 Å². The lowest BCUT2D eigenvalue weighted by Gasteiger charge is -2.08. The first-order chi connectivity index (χ1) is 11.4. The van der Waals surface area contributed by atoms with Crippen LogP contribution in [0.1, 0.15) is 28.4 Å². The molecule has 24 heavy (non-hydrogen) atoms. The first kappa shape index (κ1) is 18.3. The van der Waals surface area contributed by atoms with Crippen molar-refractivity contribution in [3.63, 3.8) is 0 Å². The van der Waals surface area contributed by atoms with Gasteiger partial charge in [-0.05, 0) is 51.1 Å². The van der Waals surface area contributed by atoms with Crippen LogP contribution in [0.2, 0.25) is 0 Å². The van der Waals surface area contributed by atoms with E-state index in [-0.39, 0.29) is 10.8 Å². The molecule has 8 heteroatoms. The van der Waals surface area contributed by atoms with Crippen LogP contribution in [0.15, 0.2) is 35.2 Å². The van der Waals surface area contributed by atoms with E-state index in [1.807, 2.05) is 13.8 Å². The Balaban J connectivity index is 2.22. The number of amides is 1. The van der Waals surface area contributed by atoms with Crippen molar-refractivity contribution in [2.45, 2.75) is 25.7 Å². The van der Waals surface area contributed by atoms with Gasteiger partial charge in [-0.1, -0.05) is 0 Å². The highest BCUT2D eigenvalue weighted by atomic mass is 32.2. The zero-order valence-corrected chi connectivity index (χ0v) is 15.4. The zero-order valence-electron chi connectivity index (χ0n) is 13.8. The quantitative estimate of drug-likeness (QED) is 0.787. The molecule has 0 saturated heterocycles. The number of nitrogens with one attached hydrogen (secondary N) is 2. The second-order valence-electron chi connectivity index (χ2n) is 4.95. The zero-order chi connectivity index (χ0) is 17.7. The van der Waals surface area contributed by atoms with Gasteiger partial charge in [0.15, 0.2) is 0 Å². The molecular weight excluding hydrogens is 348 g/mol. The molecule has 130 valence electrons. The van der Waals surface area contributed by atoms with E-state index in [0.717, 1.165) is 11.3 Å². The normalized spacial score (nSPS) is 11.1. The summed E-state index contributed by atoms with van der Waals surface area (Å²) in [6.07, 6.45) is 0. The Labute approximate surface area is 145 Å². The number of aryl methyl sites for hydroxylation is 1. The summed E-state index contributed by atoms with van der Waals surface area (Å²) in [5, 5.41) is 2.66. The molecule has 0 aliphatic carbocycles. The van der Waals surface area contributed by atoms with Crippen LogP contribution in [-0.4, -0.2) is 27.5 Å². The Morgan fingerprint density at radius 1 is 1.21 bits per heavy atom. The minimum atomic E-state index is -3.76. The van der Waals surface area contributed by atoms with Crippen LogP contribution < -0.4 is 14.8 Å². The molecule has 1 aromatic heterocycles. The predicted octanol–water partition coefficient (Wildman–Crippen LogP) is 3.01. The molecule has 0 saturated carbocycles. The minimum Gasteiger partial charge on any atom is -0.494 e. The van der Waals surface area contributed by atoms with Crippen molar-refractivity contribution in [3.05, 3.63) is 40.1 Å². The molecule has 0 aliphatic heterocycles. The molecule has 2 aromatic rings. The van der Waals surface area contributed by atoms with Gasteiger partial charge in [0.25, 0.3) is 15.9 Å². The van der Waals surface area contributed by atoms with Crippen molar-refractivity contribution in [1.29, 1.82) is 0 Å². The lowest BCUT2D eigenvalue weighted by Crippen LogP contribution is -2.21. The van der Waals surface area contributed by atoms with Crippen LogP contribution in [0.3, 0.4) is 0 Å². The standard InChI is InChI=1S/C16H20N2O4S2/c1-4-17-16(19)14-10-15(11(3)23-14)24(20,21)18-12-6-8-13(9-7-12)22-5-2/h6-10,18H,4-5H2,1-3H3,(H,17,19). The topological polar surface area (TPSA) is 84.5 Å². The van der Waals surface area contributed by atoms with Gasteiger partial charge in [0.05, 0.1) is 11.5 Å². The highest BCUT2D eigenvalue weighted by Crippen LogP contribution is 2.28. The Bertz CT molecular complexity index is 811. The average molecular weight is 368 g/mol. The van der Waals surface area contributed by atoms with Gasteiger partial charge in [-0.25, -0.2) is 8.42 Å². The summed E-state index contributed by atoms with van der Waals surface area (Å²) >= 11 is 1.16. The second-order valence-corrected chi connectivity index (χ2v) is 7.86. The van der Waals surface area contributed by atoms with E-state index >= 15 is 0 Å². The number of anilines is 1. The molecule has 0 bridgehead atoms. The summed E-state index contributed by atoms with van der Waals surface area (Å²) in [7, 11) is -3.76. The van der Waals surface area contributed by atoms with E-state index in [1.165, 1.54) is 6.07 Å². The van der Waals surface area contributed by atoms with E-state index in [1.54, 1.807) is 31.2 Å². The van der Waals surface area contributed by atoms with Crippen LogP contribution in [-0.2, 0) is 10.0 Å². The van der Waals surface area contributed by atoms with Crippen molar-refractivity contribution < 1.29 is 17.9 Å². The second kappa shape index (κ2) is 7.67. The molecule has 2 N–H and O–H groups in total. The maximum atomic E-state index is 12.6. The molecule has 0 unspecified atom stereocenters. The molecule has 2 rings (SSSR count). The van der Waals surface area contributed by atoms with Crippen molar-refractivity contribution in [2.75, 3.05) is 17.9 Å². The van der Waals surface area contributed by atoms with Crippen LogP contribution >= 0.6 is 11.3 Å². The lowest BCUT2D eigenvalue weighted by molar-refractivity contribution is 0.0959. The van der Waals surface area contributed by atoms with Crippen LogP contribution in [0.25, 0.3) is 0 Å². The smallest absolute Gasteiger partial charge is 0.263 e. The van der Waals surface area contributed by atoms with Crippen molar-refractivity contribution in [1.82, 2.24) is 5.32 Å². The highest BCUT2D eigenvalue weighted by molar-refractivity contribution is 7.93. The van der Waals surface area contributed by atoms with Crippen LogP contribution in [0.4, 0.5) is 5.69 Å². The third kappa shape index (κ3) is 4.27. The molecule has 1 aromatic carbocycles. The van der Waals surface area contributed by atoms with Gasteiger partial charge in [0, 0.05) is 17.1 Å². The van der Waals surface area contributed by atoms with Crippen LogP contribution in [0, 0.1) is 6.92 Å². The maximum absolute atomic E-state index is 12.6. The van der Waals surface area contributed by atoms with Gasteiger partial charge >= 0.3 is 0 Å². The fourth-order valence-electron chi connectivity index (χ4n) is 2.09. The number of carbonyl (C=O) groups excluding carboxylic acids is 1. The van der Waals surface area contributed by atoms with Crippen molar-refractivity contribution >= 4 is 33.0 Å². The van der Waals surface area contributed by atoms with Crippen molar-refractivity contribution in [3.8, 4) is 5.75 Å². The van der Waals surface area contributed by atoms with Crippen molar-refractivity contribution in [2.24, 2.45) is 0 Å². The summed E-state index contributed by atoms with van der Waals surface area (Å²) < 4.78 is 33.0. The monoisotopic (exact) mass is 368 g/mol. The Kier molecular flexibility index (Phi) is 5.84. The number of thiophene rings is 1. The Hall–Kier alpha value is -2.06. The largest absolute Gasteiger partial charge is 0.494 e. The summed E-state index contributed by atoms with van der Waals surface area (Å²) in [6.45, 7) is 6.40. The van der Waals surface area contributed by atoms with Gasteiger partial charge in [0.1, 0.15) is 10.6 Å². The molecular formula is C16H20N2O4S2. The molecule has 1 amide bonds. The third-order valence-electron chi connectivity index (χ3n) is 3.14. The summed E-state index contributed by atoms with van der Waals surface area (Å²) in [5.74, 6) is 0.402. The summed E-state index contributed by atoms with van der Waals surface area (Å²) in [6, 6.07) is 8.07. The number of hydrogen-bond donors (Lipinski definition) is 2. The lowest BCUT2D eigenvalue weighted by atomic mass is 10.3. The minimum absolute atomic E-state index is 0.114. The van der Waals surface area contributed by atoms with Gasteiger partial charge in [-0.2, -0.15) is 0 Å². The number of rotatable bonds is 7. The number of carbonyl (C=O) groups is 1. The molecule has 6 nitrogen and oxygen atoms in total. The van der Waals surface area contributed by atoms with Gasteiger partial charge in [-0.15, -0.1) is 11.3 Å². The van der Waals surface area contributed by atoms with E-state index < -0.39 is 10.0 Å². The summed E-state index contributed by atoms with van der Waals surface area (Å²) in [5.41, 5.74) is 0.434. The van der Waals surface area contributed by atoms with E-state index in [2.05, 4.69) is 10.0 Å². The molecule has 0 atom stereocenters. The number of benzene rings is 1. The Morgan fingerprint density at radius 3 is 2.46 bits per heavy atom. The maximum Gasteiger partial charge on any atom is 0.263 e. The fourth-order valence-corrected chi connectivity index (χ4v) is 4.66. The van der Waals surface area contributed by atoms with Crippen LogP contribution in [0.5, 0.6) is 5.75 Å². The molecule has 0 fully saturated rings. The van der Waals surface area contributed by atoms with Gasteiger partial charge in [-0.3, -0.25) is 9.52 Å². The fraction of sp³-hybridized carbons (Fsp3) is 0.312. The molecule has 0 aliphatic rings. The molecule has 0 radical (unpaired) electrons. The van der Waals surface area contributed by atoms with Gasteiger partial charge < -0.3 is 10.1 Å². The van der Waals surface area contributed by atoms with E-state index in [4.69, 9.17) is 4.74 Å². The average Bonchev–Trinajstić information content (AvgIpc) is 2.92. The highest BCUT2D eigenvalue weighted by Gasteiger charge is 2.22. The number of hydrogen-bond acceptors (Lipinski definition) is 5. The molecule has 0 spiro atoms. The van der Waals surface area contributed by atoms with E-state index in [0.29, 0.717) is 34.3 Å². The predicted molar refractivity (Wildman–Crippen MR) is 95.5 cm³/mol. The third-order valence-corrected chi connectivity index (χ3v) is 5.83. The molecule has 1 heterocycles. The number of sulfonamides is 1. The first-order valence-electron chi connectivity index (χ1n) is 7.51. The number of ether oxygens (including phenoxy) is 1. The van der Waals surface area contributed by atoms with E-state index in [9.17, 15) is 13.2 Å². The summed E-state index contributed by atoms with van der Waals surface area (Å²) in [4.78, 5) is 12.9. The SMILES string of the molecule is CCNC(=O)c1cc(S(=O)(=O)Nc2ccc(OCC)cc2)c(C)s1. The first-order valence-corrected chi connectivity index (χ1v) is 9.81. The Morgan fingerprint density at radius 2 is 1.88 bits per heavy atom.